The van der Waals surface area contributed by atoms with E-state index in [9.17, 15) is 13.6 Å². The minimum Gasteiger partial charge on any atom is -0.498 e. The molecule has 40 heavy (non-hydrogen) atoms. The van der Waals surface area contributed by atoms with Crippen LogP contribution in [0.4, 0.5) is 13.6 Å². The second-order valence-corrected chi connectivity index (χ2v) is 10.8. The molecule has 1 aromatic heterocycles. The van der Waals surface area contributed by atoms with Crippen molar-refractivity contribution >= 4 is 33.1 Å². The maximum Gasteiger partial charge on any atom is 0.430 e. The highest BCUT2D eigenvalue weighted by Gasteiger charge is 2.32. The number of carbonyl (C=O) groups is 1. The van der Waals surface area contributed by atoms with Gasteiger partial charge in [0.05, 0.1) is 31.0 Å². The average molecular weight is 592 g/mol. The topological polar surface area (TPSA) is 105 Å². The summed E-state index contributed by atoms with van der Waals surface area (Å²) in [6.45, 7) is 0.469. The number of nitrogens with one attached hydrogen (secondary N) is 2. The van der Waals surface area contributed by atoms with Gasteiger partial charge in [-0.3, -0.25) is 0 Å². The molecule has 2 amide bonds. The fraction of sp³-hybridized carbons (Fsp3) is 0.407. The number of halogens is 2. The van der Waals surface area contributed by atoms with Crippen LogP contribution in [0.5, 0.6) is 0 Å². The number of methoxy groups -OCH3 is 3. The quantitative estimate of drug-likeness (QED) is 0.229. The number of carbonyl (C=O) groups excluding carboxylic acids is 1. The SMILES string of the molecule is COCCOC1=C=C(NC(=O)NC2C=CC=C(Sc3nc#[n+]c4c3CC(OC)C(OC)=C4)C2)C=C(C(F)(F)P)C1. The normalized spacial score (nSPS) is 20.1. The Kier molecular flexibility index (Phi) is 10.0. The van der Waals surface area contributed by atoms with Crippen LogP contribution in [0.3, 0.4) is 0 Å². The highest BCUT2D eigenvalue weighted by Crippen LogP contribution is 2.38. The van der Waals surface area contributed by atoms with E-state index in [-0.39, 0.29) is 42.2 Å². The molecule has 212 valence electrons. The zero-order chi connectivity index (χ0) is 28.7. The number of amides is 2. The summed E-state index contributed by atoms with van der Waals surface area (Å²) in [6, 6.07) is -0.893. The molecular formula is C27H30F2N4O5PS+. The summed E-state index contributed by atoms with van der Waals surface area (Å²) in [5, 5.41) is 6.21. The second kappa shape index (κ2) is 13.4. The number of thioether (sulfide) groups is 1. The molecule has 0 spiro atoms. The molecule has 0 saturated carbocycles. The fourth-order valence-corrected chi connectivity index (χ4v) is 5.43. The van der Waals surface area contributed by atoms with Gasteiger partial charge in [-0.2, -0.15) is 13.8 Å². The van der Waals surface area contributed by atoms with Crippen LogP contribution in [0, 0.1) is 6.33 Å². The second-order valence-electron chi connectivity index (χ2n) is 8.97. The zero-order valence-electron chi connectivity index (χ0n) is 22.3. The van der Waals surface area contributed by atoms with E-state index in [1.807, 2.05) is 24.3 Å². The Morgan fingerprint density at radius 1 is 1.27 bits per heavy atom. The number of ether oxygens (including phenoxy) is 4. The highest BCUT2D eigenvalue weighted by molar-refractivity contribution is 8.03. The first-order valence-corrected chi connectivity index (χ1v) is 13.8. The predicted molar refractivity (Wildman–Crippen MR) is 147 cm³/mol. The lowest BCUT2D eigenvalue weighted by Crippen LogP contribution is -2.41. The molecule has 0 aliphatic heterocycles. The summed E-state index contributed by atoms with van der Waals surface area (Å²) in [6.07, 6.45) is 12.1. The van der Waals surface area contributed by atoms with Gasteiger partial charge in [0, 0.05) is 50.1 Å². The Bertz CT molecular complexity index is 1320. The van der Waals surface area contributed by atoms with E-state index in [2.05, 4.69) is 32.7 Å². The van der Waals surface area contributed by atoms with Crippen LogP contribution in [0.2, 0.25) is 0 Å². The number of rotatable bonds is 11. The first-order valence-electron chi connectivity index (χ1n) is 12.4. The number of alkyl halides is 2. The average Bonchev–Trinajstić information content (AvgIpc) is 2.92. The summed E-state index contributed by atoms with van der Waals surface area (Å²) in [4.78, 5) is 22.4. The van der Waals surface area contributed by atoms with Crippen molar-refractivity contribution in [1.82, 2.24) is 15.6 Å². The van der Waals surface area contributed by atoms with Crippen LogP contribution in [0.25, 0.3) is 6.08 Å². The van der Waals surface area contributed by atoms with Crippen LogP contribution >= 0.6 is 21.0 Å². The highest BCUT2D eigenvalue weighted by atomic mass is 32.2. The molecule has 0 saturated heterocycles. The summed E-state index contributed by atoms with van der Waals surface area (Å²) in [5.41, 5.74) is 1.22. The van der Waals surface area contributed by atoms with Crippen LogP contribution in [-0.2, 0) is 25.4 Å². The smallest absolute Gasteiger partial charge is 0.430 e. The molecule has 13 heteroatoms. The van der Waals surface area contributed by atoms with Gasteiger partial charge in [-0.05, 0) is 22.7 Å². The monoisotopic (exact) mass is 591 g/mol. The molecule has 2 N–H and O–H groups in total. The van der Waals surface area contributed by atoms with Crippen LogP contribution < -0.4 is 15.6 Å². The van der Waals surface area contributed by atoms with Crippen molar-refractivity contribution in [2.24, 2.45) is 0 Å². The number of hydrogen-bond acceptors (Lipinski definition) is 7. The number of fused-ring (bicyclic) bond motifs is 1. The fourth-order valence-electron chi connectivity index (χ4n) is 4.19. The first kappa shape index (κ1) is 29.8. The van der Waals surface area contributed by atoms with Gasteiger partial charge >= 0.3 is 12.4 Å². The molecule has 3 aliphatic carbocycles. The maximum absolute atomic E-state index is 14.0. The third-order valence-corrected chi connectivity index (χ3v) is 7.64. The lowest BCUT2D eigenvalue weighted by Gasteiger charge is -2.22. The third-order valence-electron chi connectivity index (χ3n) is 6.17. The Balaban J connectivity index is 1.41. The molecule has 3 unspecified atom stereocenters. The van der Waals surface area contributed by atoms with Crippen molar-refractivity contribution in [2.75, 3.05) is 34.5 Å². The molecule has 3 aliphatic rings. The van der Waals surface area contributed by atoms with Gasteiger partial charge < -0.3 is 29.6 Å². The Labute approximate surface area is 238 Å². The van der Waals surface area contributed by atoms with E-state index < -0.39 is 11.7 Å². The van der Waals surface area contributed by atoms with Gasteiger partial charge in [-0.15, -0.1) is 0 Å². The molecule has 0 aromatic carbocycles. The van der Waals surface area contributed by atoms with E-state index in [0.717, 1.165) is 21.2 Å². The number of allylic oxidation sites excluding steroid dienone is 3. The van der Waals surface area contributed by atoms with Crippen molar-refractivity contribution in [3.05, 3.63) is 75.3 Å². The number of aromatic nitrogens is 2. The summed E-state index contributed by atoms with van der Waals surface area (Å²) in [5.74, 6) is 0.882. The van der Waals surface area contributed by atoms with Crippen LogP contribution in [0.1, 0.15) is 24.1 Å². The largest absolute Gasteiger partial charge is 0.498 e. The van der Waals surface area contributed by atoms with E-state index in [4.69, 9.17) is 18.9 Å². The zero-order valence-corrected chi connectivity index (χ0v) is 24.2. The Hall–Kier alpha value is -3.19. The van der Waals surface area contributed by atoms with Gasteiger partial charge in [0.2, 0.25) is 5.03 Å². The van der Waals surface area contributed by atoms with E-state index >= 15 is 0 Å². The molecule has 9 nitrogen and oxygen atoms in total. The molecule has 1 aromatic rings. The molecular weight excluding hydrogens is 561 g/mol. The predicted octanol–water partition coefficient (Wildman–Crippen LogP) is 3.47. The minimum atomic E-state index is -3.16. The van der Waals surface area contributed by atoms with Crippen molar-refractivity contribution < 1.29 is 37.5 Å². The van der Waals surface area contributed by atoms with Crippen molar-refractivity contribution in [3.63, 3.8) is 0 Å². The molecule has 0 radical (unpaired) electrons. The van der Waals surface area contributed by atoms with E-state index in [1.54, 1.807) is 14.2 Å². The summed E-state index contributed by atoms with van der Waals surface area (Å²) < 4.78 is 49.5. The third kappa shape index (κ3) is 7.72. The molecule has 0 fully saturated rings. The van der Waals surface area contributed by atoms with Crippen LogP contribution in [-0.4, -0.2) is 63.4 Å². The van der Waals surface area contributed by atoms with Gasteiger partial charge in [-0.25, -0.2) is 4.79 Å². The number of urea groups is 1. The standard InChI is InChI=1S/C27H29F2N4O5PS/c1-35-7-8-38-19-10-16(27(28,29)39)9-18(11-19)33-26(34)32-17-5-4-6-20(12-17)40-25-21-13-23(36-2)24(37-3)14-22(21)30-15-31-25/h4-6,9,14,17,23H,7-8,10,12-13,39H2,1-3H3,(H-,32,33,34)/p+1. The van der Waals surface area contributed by atoms with Gasteiger partial charge in [0.1, 0.15) is 24.2 Å². The summed E-state index contributed by atoms with van der Waals surface area (Å²) >= 11 is 1.47. The molecule has 0 bridgehead atoms. The maximum atomic E-state index is 14.0. The van der Waals surface area contributed by atoms with Crippen molar-refractivity contribution in [2.45, 2.75) is 42.1 Å². The lowest BCUT2D eigenvalue weighted by atomic mass is 10.00. The molecule has 1 heterocycles. The van der Waals surface area contributed by atoms with Crippen molar-refractivity contribution in [1.29, 1.82) is 0 Å². The molecule has 3 atom stereocenters. The lowest BCUT2D eigenvalue weighted by molar-refractivity contribution is -0.303. The Morgan fingerprint density at radius 2 is 2.10 bits per heavy atom. The van der Waals surface area contributed by atoms with E-state index in [1.165, 1.54) is 34.2 Å². The van der Waals surface area contributed by atoms with Gasteiger partial charge in [0.15, 0.2) is 0 Å². The number of nitrogens with zero attached hydrogens (tertiary/aromatic N) is 2. The summed E-state index contributed by atoms with van der Waals surface area (Å²) in [7, 11) is 6.24. The van der Waals surface area contributed by atoms with Gasteiger partial charge in [-0.1, -0.05) is 33.2 Å². The van der Waals surface area contributed by atoms with Crippen molar-refractivity contribution in [3.8, 4) is 0 Å². The van der Waals surface area contributed by atoms with Gasteiger partial charge in [0.25, 0.3) is 11.4 Å². The van der Waals surface area contributed by atoms with Crippen LogP contribution in [0.15, 0.2) is 62.8 Å². The first-order chi connectivity index (χ1) is 19.2. The van der Waals surface area contributed by atoms with E-state index in [0.29, 0.717) is 25.2 Å². The minimum absolute atomic E-state index is 0.0811. The molecule has 4 rings (SSSR count). The number of hydrogen-bond donors (Lipinski definition) is 2. The Morgan fingerprint density at radius 3 is 2.83 bits per heavy atom.